The van der Waals surface area contributed by atoms with Gasteiger partial charge >= 0.3 is 0 Å². The molecule has 0 fully saturated rings. The van der Waals surface area contributed by atoms with Gasteiger partial charge in [-0.1, -0.05) is 19.1 Å². The van der Waals surface area contributed by atoms with Crippen LogP contribution in [0.1, 0.15) is 35.4 Å². The van der Waals surface area contributed by atoms with Gasteiger partial charge in [0.25, 0.3) is 0 Å². The lowest BCUT2D eigenvalue weighted by molar-refractivity contribution is 0.604. The van der Waals surface area contributed by atoms with Crippen molar-refractivity contribution < 1.29 is 0 Å². The summed E-state index contributed by atoms with van der Waals surface area (Å²) < 4.78 is 0. The molecular formula is C14H18N2S. The Labute approximate surface area is 107 Å². The molecule has 2 aromatic rings. The summed E-state index contributed by atoms with van der Waals surface area (Å²) in [4.78, 5) is 5.64. The van der Waals surface area contributed by atoms with E-state index in [0.717, 1.165) is 13.0 Å². The minimum atomic E-state index is 0.280. The van der Waals surface area contributed by atoms with E-state index in [1.165, 1.54) is 16.0 Å². The minimum Gasteiger partial charge on any atom is -0.306 e. The summed E-state index contributed by atoms with van der Waals surface area (Å²) in [7, 11) is 0. The normalized spacial score (nSPS) is 12.6. The van der Waals surface area contributed by atoms with Gasteiger partial charge in [0, 0.05) is 17.3 Å². The van der Waals surface area contributed by atoms with E-state index in [4.69, 9.17) is 0 Å². The van der Waals surface area contributed by atoms with E-state index in [1.807, 2.05) is 12.4 Å². The average molecular weight is 246 g/mol. The number of hydrogen-bond donors (Lipinski definition) is 1. The summed E-state index contributed by atoms with van der Waals surface area (Å²) in [6.07, 6.45) is 5.00. The second kappa shape index (κ2) is 5.94. The van der Waals surface area contributed by atoms with E-state index in [0.29, 0.717) is 0 Å². The Balaban J connectivity index is 2.27. The first-order valence-corrected chi connectivity index (χ1v) is 6.87. The molecule has 90 valence electrons. The summed E-state index contributed by atoms with van der Waals surface area (Å²) in [6.45, 7) is 5.30. The number of thiophene rings is 1. The fourth-order valence-corrected chi connectivity index (χ4v) is 2.69. The molecule has 0 amide bonds. The van der Waals surface area contributed by atoms with Crippen molar-refractivity contribution in [2.75, 3.05) is 6.54 Å². The summed E-state index contributed by atoms with van der Waals surface area (Å²) in [6, 6.07) is 6.77. The lowest BCUT2D eigenvalue weighted by Crippen LogP contribution is -2.22. The van der Waals surface area contributed by atoms with E-state index in [1.54, 1.807) is 11.3 Å². The number of aromatic nitrogens is 1. The topological polar surface area (TPSA) is 24.9 Å². The molecule has 0 saturated carbocycles. The maximum Gasteiger partial charge on any atom is 0.0686 e. The van der Waals surface area contributed by atoms with E-state index in [9.17, 15) is 0 Å². The number of nitrogens with zero attached hydrogens (tertiary/aromatic N) is 1. The van der Waals surface area contributed by atoms with Crippen molar-refractivity contribution in [1.82, 2.24) is 10.3 Å². The lowest BCUT2D eigenvalue weighted by Gasteiger charge is -2.17. The lowest BCUT2D eigenvalue weighted by atomic mass is 10.1. The molecule has 3 heteroatoms. The Hall–Kier alpha value is -1.19. The van der Waals surface area contributed by atoms with Crippen LogP contribution >= 0.6 is 11.3 Å². The fourth-order valence-electron chi connectivity index (χ4n) is 1.86. The van der Waals surface area contributed by atoms with Gasteiger partial charge in [0.05, 0.1) is 6.04 Å². The van der Waals surface area contributed by atoms with Crippen molar-refractivity contribution >= 4 is 11.3 Å². The Morgan fingerprint density at radius 2 is 2.29 bits per heavy atom. The first-order chi connectivity index (χ1) is 8.31. The van der Waals surface area contributed by atoms with Crippen LogP contribution in [0.5, 0.6) is 0 Å². The summed E-state index contributed by atoms with van der Waals surface area (Å²) in [5.74, 6) is 0. The highest BCUT2D eigenvalue weighted by molar-refractivity contribution is 7.10. The van der Waals surface area contributed by atoms with Crippen LogP contribution in [0.15, 0.2) is 36.0 Å². The molecule has 0 spiro atoms. The third-order valence-electron chi connectivity index (χ3n) is 2.66. The molecule has 0 aliphatic heterocycles. The number of aryl methyl sites for hydroxylation is 1. The molecule has 0 aromatic carbocycles. The maximum atomic E-state index is 4.29. The molecule has 2 heterocycles. The van der Waals surface area contributed by atoms with Crippen LogP contribution < -0.4 is 5.32 Å². The summed E-state index contributed by atoms with van der Waals surface area (Å²) in [5, 5.41) is 5.71. The Morgan fingerprint density at radius 3 is 2.94 bits per heavy atom. The van der Waals surface area contributed by atoms with Crippen LogP contribution in [0.4, 0.5) is 0 Å². The zero-order valence-corrected chi connectivity index (χ0v) is 11.1. The van der Waals surface area contributed by atoms with Crippen LogP contribution in [0.3, 0.4) is 0 Å². The molecule has 0 radical (unpaired) electrons. The van der Waals surface area contributed by atoms with Crippen molar-refractivity contribution in [2.45, 2.75) is 26.3 Å². The fraction of sp³-hybridized carbons (Fsp3) is 0.357. The molecule has 17 heavy (non-hydrogen) atoms. The average Bonchev–Trinajstić information content (AvgIpc) is 2.83. The van der Waals surface area contributed by atoms with E-state index < -0.39 is 0 Å². The molecular weight excluding hydrogens is 228 g/mol. The smallest absolute Gasteiger partial charge is 0.0686 e. The van der Waals surface area contributed by atoms with Crippen molar-refractivity contribution in [1.29, 1.82) is 0 Å². The second-order valence-electron chi connectivity index (χ2n) is 4.20. The van der Waals surface area contributed by atoms with Gasteiger partial charge in [-0.15, -0.1) is 11.3 Å². The van der Waals surface area contributed by atoms with Crippen LogP contribution in [0.25, 0.3) is 0 Å². The van der Waals surface area contributed by atoms with E-state index >= 15 is 0 Å². The Kier molecular flexibility index (Phi) is 4.29. The monoisotopic (exact) mass is 246 g/mol. The summed E-state index contributed by atoms with van der Waals surface area (Å²) >= 11 is 1.79. The Morgan fingerprint density at radius 1 is 1.41 bits per heavy atom. The van der Waals surface area contributed by atoms with Crippen molar-refractivity contribution in [2.24, 2.45) is 0 Å². The van der Waals surface area contributed by atoms with E-state index in [2.05, 4.69) is 47.7 Å². The van der Waals surface area contributed by atoms with Crippen molar-refractivity contribution in [3.8, 4) is 0 Å². The van der Waals surface area contributed by atoms with Crippen LogP contribution in [-0.4, -0.2) is 11.5 Å². The highest BCUT2D eigenvalue weighted by Gasteiger charge is 2.14. The van der Waals surface area contributed by atoms with Gasteiger partial charge in [0.2, 0.25) is 0 Å². The standard InChI is InChI=1S/C14H18N2S/c1-3-6-16-14(13-5-4-7-17-13)12-8-11(2)9-15-10-12/h4-5,7-10,14,16H,3,6H2,1-2H3. The molecule has 2 rings (SSSR count). The first-order valence-electron chi connectivity index (χ1n) is 5.99. The van der Waals surface area contributed by atoms with Crippen LogP contribution in [0.2, 0.25) is 0 Å². The van der Waals surface area contributed by atoms with Crippen molar-refractivity contribution in [3.05, 3.63) is 52.0 Å². The zero-order valence-electron chi connectivity index (χ0n) is 10.3. The second-order valence-corrected chi connectivity index (χ2v) is 5.18. The number of hydrogen-bond acceptors (Lipinski definition) is 3. The Bertz CT molecular complexity index is 451. The zero-order chi connectivity index (χ0) is 12.1. The van der Waals surface area contributed by atoms with Gasteiger partial charge in [0.15, 0.2) is 0 Å². The van der Waals surface area contributed by atoms with Gasteiger partial charge in [-0.3, -0.25) is 4.98 Å². The largest absolute Gasteiger partial charge is 0.306 e. The summed E-state index contributed by atoms with van der Waals surface area (Å²) in [5.41, 5.74) is 2.46. The highest BCUT2D eigenvalue weighted by atomic mass is 32.1. The first kappa shape index (κ1) is 12.3. The maximum absolute atomic E-state index is 4.29. The molecule has 1 atom stereocenters. The molecule has 2 aromatic heterocycles. The van der Waals surface area contributed by atoms with E-state index in [-0.39, 0.29) is 6.04 Å². The third-order valence-corrected chi connectivity index (χ3v) is 3.59. The van der Waals surface area contributed by atoms with Crippen LogP contribution in [0, 0.1) is 6.92 Å². The molecule has 0 bridgehead atoms. The quantitative estimate of drug-likeness (QED) is 0.873. The SMILES string of the molecule is CCCNC(c1cncc(C)c1)c1cccs1. The number of nitrogens with one attached hydrogen (secondary N) is 1. The molecule has 0 saturated heterocycles. The predicted molar refractivity (Wildman–Crippen MR) is 73.4 cm³/mol. The third kappa shape index (κ3) is 3.14. The molecule has 2 nitrogen and oxygen atoms in total. The van der Waals surface area contributed by atoms with Gasteiger partial charge in [0.1, 0.15) is 0 Å². The molecule has 1 unspecified atom stereocenters. The number of pyridine rings is 1. The van der Waals surface area contributed by atoms with Gasteiger partial charge in [-0.2, -0.15) is 0 Å². The van der Waals surface area contributed by atoms with Crippen LogP contribution in [-0.2, 0) is 0 Å². The number of rotatable bonds is 5. The van der Waals surface area contributed by atoms with Gasteiger partial charge in [-0.05, 0) is 42.5 Å². The van der Waals surface area contributed by atoms with Crippen molar-refractivity contribution in [3.63, 3.8) is 0 Å². The highest BCUT2D eigenvalue weighted by Crippen LogP contribution is 2.25. The predicted octanol–water partition coefficient (Wildman–Crippen LogP) is 3.54. The minimum absolute atomic E-state index is 0.280. The van der Waals surface area contributed by atoms with Gasteiger partial charge in [-0.25, -0.2) is 0 Å². The van der Waals surface area contributed by atoms with Gasteiger partial charge < -0.3 is 5.32 Å². The molecule has 0 aliphatic carbocycles. The molecule has 1 N–H and O–H groups in total. The molecule has 0 aliphatic rings.